The molecule has 1 aliphatic heterocycles. The first kappa shape index (κ1) is 22.4. The second-order valence-electron chi connectivity index (χ2n) is 8.47. The number of carbonyl (C=O) groups excluding carboxylic acids is 1. The van der Waals surface area contributed by atoms with Crippen molar-refractivity contribution in [3.63, 3.8) is 0 Å². The molecule has 2 aromatic carbocycles. The van der Waals surface area contributed by atoms with Crippen LogP contribution in [0.3, 0.4) is 0 Å². The Balaban J connectivity index is 1.28. The zero-order chi connectivity index (χ0) is 23.7. The molecule has 1 N–H and O–H groups in total. The fraction of sp³-hybridized carbons (Fsp3) is 0.280. The number of piperidine rings is 1. The van der Waals surface area contributed by atoms with E-state index in [-0.39, 0.29) is 23.3 Å². The molecule has 8 nitrogen and oxygen atoms in total. The van der Waals surface area contributed by atoms with Gasteiger partial charge in [0, 0.05) is 24.6 Å². The maximum Gasteiger partial charge on any atom is 0.254 e. The maximum absolute atomic E-state index is 13.3. The predicted octanol–water partition coefficient (Wildman–Crippen LogP) is 4.23. The number of hydrogen-bond acceptors (Lipinski definition) is 6. The van der Waals surface area contributed by atoms with Gasteiger partial charge in [-0.1, -0.05) is 18.2 Å². The highest BCUT2D eigenvalue weighted by Crippen LogP contribution is 2.31. The van der Waals surface area contributed by atoms with Crippen molar-refractivity contribution >= 4 is 27.0 Å². The van der Waals surface area contributed by atoms with Gasteiger partial charge >= 0.3 is 0 Å². The Morgan fingerprint density at radius 2 is 1.91 bits per heavy atom. The molecule has 2 aromatic heterocycles. The molecular weight excluding hydrogens is 454 g/mol. The third kappa shape index (κ3) is 4.49. The molecule has 176 valence electrons. The van der Waals surface area contributed by atoms with Gasteiger partial charge in [-0.2, -0.15) is 0 Å². The first-order valence-electron chi connectivity index (χ1n) is 11.2. The summed E-state index contributed by atoms with van der Waals surface area (Å²) in [5.74, 6) is 1.20. The highest BCUT2D eigenvalue weighted by molar-refractivity contribution is 7.89. The van der Waals surface area contributed by atoms with Gasteiger partial charge in [-0.15, -0.1) is 0 Å². The van der Waals surface area contributed by atoms with Crippen molar-refractivity contribution in [2.24, 2.45) is 0 Å². The molecule has 5 rings (SSSR count). The number of para-hydroxylation sites is 2. The Hall–Kier alpha value is -3.43. The lowest BCUT2D eigenvalue weighted by Gasteiger charge is -2.31. The second kappa shape index (κ2) is 9.08. The van der Waals surface area contributed by atoms with Crippen LogP contribution < -0.4 is 4.72 Å². The molecule has 0 saturated carbocycles. The van der Waals surface area contributed by atoms with Crippen LogP contribution in [0.4, 0.5) is 0 Å². The summed E-state index contributed by atoms with van der Waals surface area (Å²) in [6.45, 7) is 2.95. The summed E-state index contributed by atoms with van der Waals surface area (Å²) in [5, 5.41) is 0. The molecule has 1 amide bonds. The minimum atomic E-state index is -3.80. The number of aryl methyl sites for hydroxylation is 1. The van der Waals surface area contributed by atoms with E-state index in [0.29, 0.717) is 30.3 Å². The number of rotatable bonds is 6. The second-order valence-corrected chi connectivity index (χ2v) is 10.2. The van der Waals surface area contributed by atoms with Crippen LogP contribution in [0.25, 0.3) is 11.1 Å². The van der Waals surface area contributed by atoms with E-state index in [0.717, 1.165) is 29.5 Å². The van der Waals surface area contributed by atoms with Gasteiger partial charge in [0.2, 0.25) is 10.0 Å². The molecule has 4 aromatic rings. The van der Waals surface area contributed by atoms with Crippen LogP contribution in [0.15, 0.2) is 74.6 Å². The highest BCUT2D eigenvalue weighted by atomic mass is 32.2. The number of sulfonamides is 1. The lowest BCUT2D eigenvalue weighted by atomic mass is 9.96. The molecule has 0 radical (unpaired) electrons. The number of furan rings is 1. The van der Waals surface area contributed by atoms with E-state index in [1.54, 1.807) is 23.1 Å². The molecule has 1 fully saturated rings. The van der Waals surface area contributed by atoms with E-state index in [1.807, 2.05) is 31.2 Å². The van der Waals surface area contributed by atoms with Crippen molar-refractivity contribution in [1.29, 1.82) is 0 Å². The molecule has 1 aliphatic rings. The van der Waals surface area contributed by atoms with Gasteiger partial charge in [-0.05, 0) is 61.7 Å². The van der Waals surface area contributed by atoms with Crippen LogP contribution in [-0.4, -0.2) is 37.3 Å². The average molecular weight is 480 g/mol. The van der Waals surface area contributed by atoms with Crippen LogP contribution in [-0.2, 0) is 16.6 Å². The quantitative estimate of drug-likeness (QED) is 0.444. The Morgan fingerprint density at radius 3 is 2.65 bits per heavy atom. The third-order valence-electron chi connectivity index (χ3n) is 6.21. The van der Waals surface area contributed by atoms with Gasteiger partial charge < -0.3 is 13.7 Å². The van der Waals surface area contributed by atoms with E-state index in [4.69, 9.17) is 8.83 Å². The SMILES string of the molecule is Cc1ccc(S(=O)(=O)NCc2ccco2)cc1C(=O)N1CCC(c2nc3ccccc3o2)CC1. The largest absolute Gasteiger partial charge is 0.468 e. The minimum Gasteiger partial charge on any atom is -0.468 e. The fourth-order valence-electron chi connectivity index (χ4n) is 4.23. The van der Waals surface area contributed by atoms with Gasteiger partial charge in [-0.3, -0.25) is 4.79 Å². The zero-order valence-electron chi connectivity index (χ0n) is 18.7. The molecule has 0 atom stereocenters. The van der Waals surface area contributed by atoms with Crippen molar-refractivity contribution in [3.05, 3.63) is 83.6 Å². The summed E-state index contributed by atoms with van der Waals surface area (Å²) in [6.07, 6.45) is 2.96. The number of oxazole rings is 1. The number of carbonyl (C=O) groups is 1. The highest BCUT2D eigenvalue weighted by Gasteiger charge is 2.29. The van der Waals surface area contributed by atoms with Crippen LogP contribution in [0.2, 0.25) is 0 Å². The monoisotopic (exact) mass is 479 g/mol. The van der Waals surface area contributed by atoms with Crippen LogP contribution >= 0.6 is 0 Å². The first-order chi connectivity index (χ1) is 16.4. The number of fused-ring (bicyclic) bond motifs is 1. The Bertz CT molecular complexity index is 1390. The Kier molecular flexibility index (Phi) is 5.97. The van der Waals surface area contributed by atoms with Gasteiger partial charge in [0.1, 0.15) is 11.3 Å². The molecule has 0 aliphatic carbocycles. The van der Waals surface area contributed by atoms with Crippen molar-refractivity contribution in [1.82, 2.24) is 14.6 Å². The zero-order valence-corrected chi connectivity index (χ0v) is 19.5. The van der Waals surface area contributed by atoms with E-state index in [1.165, 1.54) is 18.4 Å². The van der Waals surface area contributed by atoms with Crippen molar-refractivity contribution in [2.75, 3.05) is 13.1 Å². The maximum atomic E-state index is 13.3. The number of hydrogen-bond donors (Lipinski definition) is 1. The minimum absolute atomic E-state index is 0.0375. The van der Waals surface area contributed by atoms with Gasteiger partial charge in [0.25, 0.3) is 5.91 Å². The summed E-state index contributed by atoms with van der Waals surface area (Å²) < 4.78 is 39.1. The topological polar surface area (TPSA) is 106 Å². The lowest BCUT2D eigenvalue weighted by molar-refractivity contribution is 0.0705. The fourth-order valence-corrected chi connectivity index (χ4v) is 5.24. The molecule has 9 heteroatoms. The number of amides is 1. The molecule has 0 spiro atoms. The number of nitrogens with one attached hydrogen (secondary N) is 1. The number of likely N-dealkylation sites (tertiary alicyclic amines) is 1. The third-order valence-corrected chi connectivity index (χ3v) is 7.61. The van der Waals surface area contributed by atoms with Gasteiger partial charge in [0.05, 0.1) is 17.7 Å². The number of nitrogens with zero attached hydrogens (tertiary/aromatic N) is 2. The predicted molar refractivity (Wildman–Crippen MR) is 126 cm³/mol. The van der Waals surface area contributed by atoms with Crippen molar-refractivity contribution in [2.45, 2.75) is 37.1 Å². The summed E-state index contributed by atoms with van der Waals surface area (Å²) in [6, 6.07) is 15.7. The van der Waals surface area contributed by atoms with Crippen molar-refractivity contribution < 1.29 is 22.0 Å². The first-order valence-corrected chi connectivity index (χ1v) is 12.7. The number of benzene rings is 2. The molecule has 0 bridgehead atoms. The smallest absolute Gasteiger partial charge is 0.254 e. The lowest BCUT2D eigenvalue weighted by Crippen LogP contribution is -2.38. The van der Waals surface area contributed by atoms with E-state index in [2.05, 4.69) is 9.71 Å². The van der Waals surface area contributed by atoms with Crippen LogP contribution in [0, 0.1) is 6.92 Å². The normalized spacial score (nSPS) is 15.1. The van der Waals surface area contributed by atoms with Gasteiger partial charge in [0.15, 0.2) is 11.5 Å². The Labute approximate surface area is 197 Å². The summed E-state index contributed by atoms with van der Waals surface area (Å²) in [7, 11) is -3.80. The van der Waals surface area contributed by atoms with E-state index < -0.39 is 10.0 Å². The molecule has 0 unspecified atom stereocenters. The summed E-state index contributed by atoms with van der Waals surface area (Å²) in [4.78, 5) is 19.7. The summed E-state index contributed by atoms with van der Waals surface area (Å²) >= 11 is 0. The summed E-state index contributed by atoms with van der Waals surface area (Å²) in [5.41, 5.74) is 2.73. The van der Waals surface area contributed by atoms with E-state index >= 15 is 0 Å². The standard InChI is InChI=1S/C25H25N3O5S/c1-17-8-9-20(34(30,31)26-16-19-5-4-14-32-19)15-21(17)25(29)28-12-10-18(11-13-28)24-27-22-6-2-3-7-23(22)33-24/h2-9,14-15,18,26H,10-13,16H2,1H3. The number of aromatic nitrogens is 1. The van der Waals surface area contributed by atoms with Crippen LogP contribution in [0.5, 0.6) is 0 Å². The average Bonchev–Trinajstić information content (AvgIpc) is 3.52. The molecule has 1 saturated heterocycles. The van der Waals surface area contributed by atoms with E-state index in [9.17, 15) is 13.2 Å². The molecular formula is C25H25N3O5S. The van der Waals surface area contributed by atoms with Gasteiger partial charge in [-0.25, -0.2) is 18.1 Å². The molecule has 34 heavy (non-hydrogen) atoms. The van der Waals surface area contributed by atoms with Crippen LogP contribution in [0.1, 0.15) is 46.3 Å². The van der Waals surface area contributed by atoms with Crippen molar-refractivity contribution in [3.8, 4) is 0 Å². The molecule has 3 heterocycles. The Morgan fingerprint density at radius 1 is 1.12 bits per heavy atom.